The number of rotatable bonds is 6. The van der Waals surface area contributed by atoms with Crippen LogP contribution in [0.25, 0.3) is 0 Å². The lowest BCUT2D eigenvalue weighted by molar-refractivity contribution is -0.139. The molecule has 1 saturated heterocycles. The molecule has 0 bridgehead atoms. The minimum atomic E-state index is -0.796. The highest BCUT2D eigenvalue weighted by molar-refractivity contribution is 5.73. The predicted molar refractivity (Wildman–Crippen MR) is 82.1 cm³/mol. The van der Waals surface area contributed by atoms with Crippen molar-refractivity contribution in [2.24, 2.45) is 0 Å². The van der Waals surface area contributed by atoms with Crippen LogP contribution >= 0.6 is 0 Å². The number of ether oxygens (including phenoxy) is 1. The normalized spacial score (nSPS) is 17.5. The second-order valence-electron chi connectivity index (χ2n) is 5.17. The van der Waals surface area contributed by atoms with E-state index in [2.05, 4.69) is 27.2 Å². The Morgan fingerprint density at radius 1 is 1.29 bits per heavy atom. The molecular formula is C15H23N3O3. The molecule has 116 valence electrons. The zero-order valence-electron chi connectivity index (χ0n) is 12.6. The third kappa shape index (κ3) is 4.09. The van der Waals surface area contributed by atoms with Crippen LogP contribution in [0, 0.1) is 0 Å². The van der Waals surface area contributed by atoms with Crippen molar-refractivity contribution in [3.8, 4) is 5.75 Å². The van der Waals surface area contributed by atoms with Gasteiger partial charge in [-0.1, -0.05) is 0 Å². The first-order valence-corrected chi connectivity index (χ1v) is 7.15. The smallest absolute Gasteiger partial charge is 0.322 e. The number of benzene rings is 1. The molecule has 6 nitrogen and oxygen atoms in total. The number of hydrogen-bond donors (Lipinski definition) is 2. The van der Waals surface area contributed by atoms with Crippen LogP contribution in [-0.2, 0) is 4.79 Å². The van der Waals surface area contributed by atoms with Crippen LogP contribution in [0.3, 0.4) is 0 Å². The minimum Gasteiger partial charge on any atom is -0.497 e. The Morgan fingerprint density at radius 3 is 2.38 bits per heavy atom. The molecule has 0 spiro atoms. The van der Waals surface area contributed by atoms with E-state index in [1.54, 1.807) is 14.2 Å². The highest BCUT2D eigenvalue weighted by Gasteiger charge is 2.23. The summed E-state index contributed by atoms with van der Waals surface area (Å²) in [6, 6.07) is 7.54. The maximum absolute atomic E-state index is 11.0. The molecule has 6 heteroatoms. The van der Waals surface area contributed by atoms with Gasteiger partial charge < -0.3 is 20.1 Å². The second-order valence-corrected chi connectivity index (χ2v) is 5.17. The van der Waals surface area contributed by atoms with Crippen molar-refractivity contribution in [2.45, 2.75) is 6.04 Å². The highest BCUT2D eigenvalue weighted by atomic mass is 16.5. The summed E-state index contributed by atoms with van der Waals surface area (Å²) in [6.45, 7) is 4.10. The topological polar surface area (TPSA) is 65.0 Å². The second kappa shape index (κ2) is 7.28. The summed E-state index contributed by atoms with van der Waals surface area (Å²) < 4.78 is 5.16. The molecule has 0 saturated carbocycles. The molecule has 1 fully saturated rings. The quantitative estimate of drug-likeness (QED) is 0.796. The lowest BCUT2D eigenvalue weighted by atomic mass is 10.2. The van der Waals surface area contributed by atoms with E-state index in [4.69, 9.17) is 9.84 Å². The fourth-order valence-electron chi connectivity index (χ4n) is 2.53. The monoisotopic (exact) mass is 293 g/mol. The lowest BCUT2D eigenvalue weighted by Crippen LogP contribution is -2.52. The van der Waals surface area contributed by atoms with Gasteiger partial charge in [0.15, 0.2) is 0 Å². The number of carboxylic acids is 1. The van der Waals surface area contributed by atoms with Crippen LogP contribution in [0.2, 0.25) is 0 Å². The molecule has 2 rings (SSSR count). The number of methoxy groups -OCH3 is 1. The zero-order chi connectivity index (χ0) is 15.2. The number of carboxylic acid groups (broad SMARTS) is 1. The Morgan fingerprint density at radius 2 is 1.90 bits per heavy atom. The molecule has 0 amide bonds. The number of nitrogens with one attached hydrogen (secondary N) is 1. The van der Waals surface area contributed by atoms with E-state index in [0.29, 0.717) is 6.54 Å². The Labute approximate surface area is 125 Å². The standard InChI is InChI=1S/C15H23N3O3/c1-16-14(15(19)20)11-17-7-9-18(10-8-17)12-3-5-13(21-2)6-4-12/h3-6,14,16H,7-11H2,1-2H3,(H,19,20). The molecule has 2 N–H and O–H groups in total. The van der Waals surface area contributed by atoms with Crippen molar-refractivity contribution in [1.82, 2.24) is 10.2 Å². The Bertz CT molecular complexity index is 456. The number of piperazine rings is 1. The van der Waals surface area contributed by atoms with Gasteiger partial charge in [0.1, 0.15) is 11.8 Å². The summed E-state index contributed by atoms with van der Waals surface area (Å²) in [5, 5.41) is 11.9. The average molecular weight is 293 g/mol. The molecule has 21 heavy (non-hydrogen) atoms. The van der Waals surface area contributed by atoms with E-state index < -0.39 is 12.0 Å². The molecule has 1 heterocycles. The number of aliphatic carboxylic acids is 1. The summed E-state index contributed by atoms with van der Waals surface area (Å²) in [6.07, 6.45) is 0. The van der Waals surface area contributed by atoms with Gasteiger partial charge in [-0.25, -0.2) is 0 Å². The Kier molecular flexibility index (Phi) is 5.41. The van der Waals surface area contributed by atoms with E-state index in [1.165, 1.54) is 5.69 Å². The third-order valence-electron chi connectivity index (χ3n) is 3.90. The molecule has 0 aromatic heterocycles. The van der Waals surface area contributed by atoms with Gasteiger partial charge in [0, 0.05) is 38.4 Å². The molecular weight excluding hydrogens is 270 g/mol. The number of carbonyl (C=O) groups is 1. The maximum Gasteiger partial charge on any atom is 0.322 e. The van der Waals surface area contributed by atoms with Crippen molar-refractivity contribution >= 4 is 11.7 Å². The van der Waals surface area contributed by atoms with Gasteiger partial charge in [-0.3, -0.25) is 9.69 Å². The molecule has 0 aliphatic carbocycles. The Balaban J connectivity index is 1.86. The summed E-state index contributed by atoms with van der Waals surface area (Å²) in [7, 11) is 3.35. The van der Waals surface area contributed by atoms with Crippen LogP contribution < -0.4 is 15.0 Å². The summed E-state index contributed by atoms with van der Waals surface area (Å²) >= 11 is 0. The first kappa shape index (κ1) is 15.6. The number of nitrogens with zero attached hydrogens (tertiary/aromatic N) is 2. The molecule has 1 aromatic rings. The minimum absolute atomic E-state index is 0.502. The maximum atomic E-state index is 11.0. The number of anilines is 1. The summed E-state index contributed by atoms with van der Waals surface area (Å²) in [4.78, 5) is 15.5. The first-order chi connectivity index (χ1) is 10.1. The average Bonchev–Trinajstić information content (AvgIpc) is 2.53. The summed E-state index contributed by atoms with van der Waals surface area (Å²) in [5.41, 5.74) is 1.18. The van der Waals surface area contributed by atoms with E-state index >= 15 is 0 Å². The third-order valence-corrected chi connectivity index (χ3v) is 3.90. The molecule has 1 aliphatic heterocycles. The van der Waals surface area contributed by atoms with Crippen molar-refractivity contribution in [2.75, 3.05) is 51.8 Å². The van der Waals surface area contributed by atoms with Crippen LogP contribution in [0.4, 0.5) is 5.69 Å². The van der Waals surface area contributed by atoms with Crippen molar-refractivity contribution in [1.29, 1.82) is 0 Å². The van der Waals surface area contributed by atoms with Crippen LogP contribution in [0.5, 0.6) is 5.75 Å². The van der Waals surface area contributed by atoms with Gasteiger partial charge in [0.25, 0.3) is 0 Å². The van der Waals surface area contributed by atoms with E-state index in [9.17, 15) is 4.79 Å². The van der Waals surface area contributed by atoms with E-state index in [0.717, 1.165) is 31.9 Å². The zero-order valence-corrected chi connectivity index (χ0v) is 12.6. The van der Waals surface area contributed by atoms with Gasteiger partial charge in [0.05, 0.1) is 7.11 Å². The van der Waals surface area contributed by atoms with Crippen molar-refractivity contribution in [3.63, 3.8) is 0 Å². The number of likely N-dealkylation sites (N-methyl/N-ethyl adjacent to an activating group) is 1. The molecule has 1 aliphatic rings. The van der Waals surface area contributed by atoms with E-state index in [1.807, 2.05) is 12.1 Å². The number of hydrogen-bond acceptors (Lipinski definition) is 5. The summed E-state index contributed by atoms with van der Waals surface area (Å²) in [5.74, 6) is 0.0609. The largest absolute Gasteiger partial charge is 0.497 e. The van der Waals surface area contributed by atoms with Gasteiger partial charge in [-0.2, -0.15) is 0 Å². The highest BCUT2D eigenvalue weighted by Crippen LogP contribution is 2.20. The molecule has 1 aromatic carbocycles. The van der Waals surface area contributed by atoms with Gasteiger partial charge in [-0.05, 0) is 31.3 Å². The fourth-order valence-corrected chi connectivity index (χ4v) is 2.53. The van der Waals surface area contributed by atoms with Crippen LogP contribution in [0.1, 0.15) is 0 Å². The molecule has 0 radical (unpaired) electrons. The predicted octanol–water partition coefficient (Wildman–Crippen LogP) is 0.490. The van der Waals surface area contributed by atoms with Crippen LogP contribution in [-0.4, -0.2) is 68.9 Å². The Hall–Kier alpha value is -1.79. The van der Waals surface area contributed by atoms with Crippen LogP contribution in [0.15, 0.2) is 24.3 Å². The molecule has 1 unspecified atom stereocenters. The first-order valence-electron chi connectivity index (χ1n) is 7.15. The van der Waals surface area contributed by atoms with Crippen molar-refractivity contribution in [3.05, 3.63) is 24.3 Å². The van der Waals surface area contributed by atoms with E-state index in [-0.39, 0.29) is 0 Å². The van der Waals surface area contributed by atoms with Gasteiger partial charge >= 0.3 is 5.97 Å². The molecule has 1 atom stereocenters. The van der Waals surface area contributed by atoms with Gasteiger partial charge in [0.2, 0.25) is 0 Å². The fraction of sp³-hybridized carbons (Fsp3) is 0.533. The SMILES string of the molecule is CNC(CN1CCN(c2ccc(OC)cc2)CC1)C(=O)O. The van der Waals surface area contributed by atoms with Gasteiger partial charge in [-0.15, -0.1) is 0 Å². The van der Waals surface area contributed by atoms with Crippen molar-refractivity contribution < 1.29 is 14.6 Å². The lowest BCUT2D eigenvalue weighted by Gasteiger charge is -2.37.